The van der Waals surface area contributed by atoms with Crippen LogP contribution < -0.4 is 5.73 Å². The molecule has 1 aromatic rings. The van der Waals surface area contributed by atoms with Gasteiger partial charge in [-0.05, 0) is 45.7 Å². The van der Waals surface area contributed by atoms with Crippen molar-refractivity contribution >= 4 is 11.3 Å². The molecule has 0 saturated carbocycles. The molecule has 2 nitrogen and oxygen atoms in total. The molecule has 0 bridgehead atoms. The Morgan fingerprint density at radius 2 is 2.20 bits per heavy atom. The van der Waals surface area contributed by atoms with Crippen molar-refractivity contribution in [2.24, 2.45) is 5.73 Å². The maximum Gasteiger partial charge on any atom is 0.0410 e. The normalized spacial score (nSPS) is 14.5. The van der Waals surface area contributed by atoms with Gasteiger partial charge >= 0.3 is 0 Å². The molecule has 0 fully saturated rings. The van der Waals surface area contributed by atoms with Crippen molar-refractivity contribution in [3.63, 3.8) is 0 Å². The van der Waals surface area contributed by atoms with Gasteiger partial charge in [-0.25, -0.2) is 0 Å². The zero-order chi connectivity index (χ0) is 11.5. The molecule has 0 aliphatic rings. The van der Waals surface area contributed by atoms with Crippen molar-refractivity contribution in [2.75, 3.05) is 13.6 Å². The third-order valence-electron chi connectivity index (χ3n) is 2.72. The lowest BCUT2D eigenvalue weighted by Crippen LogP contribution is -2.36. The van der Waals surface area contributed by atoms with Gasteiger partial charge in [-0.3, -0.25) is 4.90 Å². The Bertz CT molecular complexity index is 274. The van der Waals surface area contributed by atoms with E-state index in [4.69, 9.17) is 5.73 Å². The third-order valence-corrected chi connectivity index (χ3v) is 3.77. The zero-order valence-electron chi connectivity index (χ0n) is 10.2. The fourth-order valence-corrected chi connectivity index (χ4v) is 2.25. The summed E-state index contributed by atoms with van der Waals surface area (Å²) < 4.78 is 0. The second-order valence-corrected chi connectivity index (χ2v) is 5.89. The Morgan fingerprint density at radius 3 is 2.67 bits per heavy atom. The Balaban J connectivity index is 2.44. The second kappa shape index (κ2) is 5.10. The van der Waals surface area contributed by atoms with E-state index in [1.54, 1.807) is 0 Å². The first-order valence-corrected chi connectivity index (χ1v) is 6.30. The van der Waals surface area contributed by atoms with Crippen molar-refractivity contribution < 1.29 is 0 Å². The predicted molar refractivity (Wildman–Crippen MR) is 68.2 cm³/mol. The van der Waals surface area contributed by atoms with Crippen LogP contribution in [-0.2, 0) is 0 Å². The maximum absolute atomic E-state index is 5.98. The van der Waals surface area contributed by atoms with Crippen molar-refractivity contribution in [1.29, 1.82) is 0 Å². The summed E-state index contributed by atoms with van der Waals surface area (Å²) in [5, 5.41) is 2.13. The van der Waals surface area contributed by atoms with E-state index in [9.17, 15) is 0 Å². The molecule has 0 amide bonds. The molecule has 86 valence electrons. The highest BCUT2D eigenvalue weighted by Crippen LogP contribution is 2.23. The predicted octanol–water partition coefficient (Wildman–Crippen LogP) is 2.87. The standard InChI is InChI=1S/C12H22N2S/c1-10(11-6-5-9-15-11)14(4)8-7-12(2,3)13/h5-6,9-10H,7-8,13H2,1-4H3. The molecule has 3 heteroatoms. The van der Waals surface area contributed by atoms with Gasteiger partial charge in [0.05, 0.1) is 0 Å². The van der Waals surface area contributed by atoms with Gasteiger partial charge in [-0.1, -0.05) is 6.07 Å². The first kappa shape index (κ1) is 12.7. The summed E-state index contributed by atoms with van der Waals surface area (Å²) >= 11 is 1.82. The molecule has 1 atom stereocenters. The van der Waals surface area contributed by atoms with Crippen molar-refractivity contribution in [3.8, 4) is 0 Å². The average molecular weight is 226 g/mol. The second-order valence-electron chi connectivity index (χ2n) is 4.91. The summed E-state index contributed by atoms with van der Waals surface area (Å²) in [6.07, 6.45) is 1.03. The summed E-state index contributed by atoms with van der Waals surface area (Å²) in [6.45, 7) is 7.45. The van der Waals surface area contributed by atoms with E-state index in [1.807, 2.05) is 11.3 Å². The highest BCUT2D eigenvalue weighted by Gasteiger charge is 2.16. The summed E-state index contributed by atoms with van der Waals surface area (Å²) in [4.78, 5) is 3.79. The quantitative estimate of drug-likeness (QED) is 0.836. The molecule has 0 aromatic carbocycles. The van der Waals surface area contributed by atoms with E-state index in [0.717, 1.165) is 13.0 Å². The highest BCUT2D eigenvalue weighted by molar-refractivity contribution is 7.10. The van der Waals surface area contributed by atoms with Crippen LogP contribution in [0.1, 0.15) is 38.1 Å². The largest absolute Gasteiger partial charge is 0.326 e. The minimum absolute atomic E-state index is 0.0660. The molecule has 15 heavy (non-hydrogen) atoms. The molecular formula is C12H22N2S. The Labute approximate surface area is 97.1 Å². The van der Waals surface area contributed by atoms with Crippen LogP contribution in [0.4, 0.5) is 0 Å². The van der Waals surface area contributed by atoms with Crippen LogP contribution in [0.3, 0.4) is 0 Å². The van der Waals surface area contributed by atoms with Crippen molar-refractivity contribution in [1.82, 2.24) is 4.90 Å². The van der Waals surface area contributed by atoms with E-state index in [0.29, 0.717) is 6.04 Å². The van der Waals surface area contributed by atoms with E-state index in [1.165, 1.54) is 4.88 Å². The molecule has 1 heterocycles. The summed E-state index contributed by atoms with van der Waals surface area (Å²) in [5.74, 6) is 0. The molecular weight excluding hydrogens is 204 g/mol. The van der Waals surface area contributed by atoms with Crippen LogP contribution in [0, 0.1) is 0 Å². The molecule has 0 radical (unpaired) electrons. The number of nitrogens with zero attached hydrogens (tertiary/aromatic N) is 1. The average Bonchev–Trinajstić information content (AvgIpc) is 2.64. The topological polar surface area (TPSA) is 29.3 Å². The van der Waals surface area contributed by atoms with Gasteiger partial charge in [0, 0.05) is 23.0 Å². The summed E-state index contributed by atoms with van der Waals surface area (Å²) in [5.41, 5.74) is 5.91. The van der Waals surface area contributed by atoms with Gasteiger partial charge < -0.3 is 5.73 Å². The molecule has 0 saturated heterocycles. The Hall–Kier alpha value is -0.380. The van der Waals surface area contributed by atoms with E-state index in [-0.39, 0.29) is 5.54 Å². The fourth-order valence-electron chi connectivity index (χ4n) is 1.40. The van der Waals surface area contributed by atoms with Crippen LogP contribution in [0.2, 0.25) is 0 Å². The molecule has 0 spiro atoms. The van der Waals surface area contributed by atoms with E-state index in [2.05, 4.69) is 50.2 Å². The first-order valence-electron chi connectivity index (χ1n) is 5.43. The molecule has 0 aliphatic heterocycles. The smallest absolute Gasteiger partial charge is 0.0410 e. The van der Waals surface area contributed by atoms with Crippen LogP contribution in [0.15, 0.2) is 17.5 Å². The number of hydrogen-bond donors (Lipinski definition) is 1. The number of nitrogens with two attached hydrogens (primary N) is 1. The summed E-state index contributed by atoms with van der Waals surface area (Å²) in [7, 11) is 2.16. The van der Waals surface area contributed by atoms with E-state index >= 15 is 0 Å². The minimum Gasteiger partial charge on any atom is -0.326 e. The molecule has 1 unspecified atom stereocenters. The SMILES string of the molecule is CC(c1cccs1)N(C)CCC(C)(C)N. The highest BCUT2D eigenvalue weighted by atomic mass is 32.1. The van der Waals surface area contributed by atoms with Crippen molar-refractivity contribution in [3.05, 3.63) is 22.4 Å². The van der Waals surface area contributed by atoms with Crippen molar-refractivity contribution in [2.45, 2.75) is 38.8 Å². The first-order chi connectivity index (χ1) is 6.90. The van der Waals surface area contributed by atoms with Crippen LogP contribution in [0.25, 0.3) is 0 Å². The zero-order valence-corrected chi connectivity index (χ0v) is 11.0. The lowest BCUT2D eigenvalue weighted by Gasteiger charge is -2.27. The monoisotopic (exact) mass is 226 g/mol. The van der Waals surface area contributed by atoms with Crippen LogP contribution >= 0.6 is 11.3 Å². The fraction of sp³-hybridized carbons (Fsp3) is 0.667. The lowest BCUT2D eigenvalue weighted by atomic mass is 10.0. The van der Waals surface area contributed by atoms with Crippen LogP contribution in [-0.4, -0.2) is 24.0 Å². The Kier molecular flexibility index (Phi) is 4.32. The van der Waals surface area contributed by atoms with Gasteiger partial charge in [-0.2, -0.15) is 0 Å². The van der Waals surface area contributed by atoms with Gasteiger partial charge in [0.25, 0.3) is 0 Å². The lowest BCUT2D eigenvalue weighted by molar-refractivity contribution is 0.240. The molecule has 2 N–H and O–H groups in total. The third kappa shape index (κ3) is 4.33. The van der Waals surface area contributed by atoms with E-state index < -0.39 is 0 Å². The Morgan fingerprint density at radius 1 is 1.53 bits per heavy atom. The molecule has 0 aliphatic carbocycles. The van der Waals surface area contributed by atoms with Gasteiger partial charge in [-0.15, -0.1) is 11.3 Å². The number of thiophene rings is 1. The van der Waals surface area contributed by atoms with Gasteiger partial charge in [0.15, 0.2) is 0 Å². The number of hydrogen-bond acceptors (Lipinski definition) is 3. The maximum atomic E-state index is 5.98. The minimum atomic E-state index is -0.0660. The molecule has 1 aromatic heterocycles. The van der Waals surface area contributed by atoms with Gasteiger partial charge in [0.1, 0.15) is 0 Å². The van der Waals surface area contributed by atoms with Gasteiger partial charge in [0.2, 0.25) is 0 Å². The van der Waals surface area contributed by atoms with Crippen LogP contribution in [0.5, 0.6) is 0 Å². The number of rotatable bonds is 5. The molecule has 1 rings (SSSR count). The summed E-state index contributed by atoms with van der Waals surface area (Å²) in [6, 6.07) is 4.80.